The fraction of sp³-hybridized carbons (Fsp3) is 0.952. The number of nitrogens with two attached hydrogens (primary N) is 4. The molecule has 2 amide bonds. The molecule has 0 aromatic heterocycles. The molecule has 6 nitrogen and oxygen atoms in total. The number of hydrogen-bond donors (Lipinski definition) is 4. The molecule has 0 aliphatic rings. The third-order valence-electron chi connectivity index (χ3n) is 9.21. The van der Waals surface area contributed by atoms with E-state index in [0.29, 0.717) is 12.8 Å². The van der Waals surface area contributed by atoms with Crippen LogP contribution in [-0.2, 0) is 9.59 Å². The first-order chi connectivity index (χ1) is 23.5. The highest BCUT2D eigenvalue weighted by molar-refractivity contribution is 5.73. The number of rotatable bonds is 37. The van der Waals surface area contributed by atoms with E-state index in [9.17, 15) is 9.59 Å². The van der Waals surface area contributed by atoms with E-state index < -0.39 is 0 Å². The van der Waals surface area contributed by atoms with Crippen LogP contribution in [0.3, 0.4) is 0 Å². The van der Waals surface area contributed by atoms with Crippen molar-refractivity contribution in [2.24, 2.45) is 22.9 Å². The Labute approximate surface area is 301 Å². The maximum absolute atomic E-state index is 10.6. The zero-order valence-electron chi connectivity index (χ0n) is 33.0. The first-order valence-corrected chi connectivity index (χ1v) is 21.4. The van der Waals surface area contributed by atoms with Crippen molar-refractivity contribution < 1.29 is 9.59 Å². The number of carbonyl (C=O) groups is 2. The lowest BCUT2D eigenvalue weighted by atomic mass is 10.0. The van der Waals surface area contributed by atoms with Crippen molar-refractivity contribution in [3.05, 3.63) is 0 Å². The number of amides is 2. The van der Waals surface area contributed by atoms with Crippen LogP contribution in [-0.4, -0.2) is 24.9 Å². The van der Waals surface area contributed by atoms with Crippen LogP contribution >= 0.6 is 0 Å². The summed E-state index contributed by atoms with van der Waals surface area (Å²) >= 11 is 0. The maximum Gasteiger partial charge on any atom is 0.217 e. The van der Waals surface area contributed by atoms with E-state index in [1.807, 2.05) is 0 Å². The van der Waals surface area contributed by atoms with Gasteiger partial charge in [-0.15, -0.1) is 0 Å². The zero-order valence-corrected chi connectivity index (χ0v) is 33.0. The molecule has 0 bridgehead atoms. The molecule has 0 aliphatic heterocycles. The molecule has 0 atom stereocenters. The molecule has 0 aliphatic carbocycles. The Morgan fingerprint density at radius 3 is 0.625 bits per heavy atom. The van der Waals surface area contributed by atoms with Crippen LogP contribution < -0.4 is 22.9 Å². The van der Waals surface area contributed by atoms with Crippen LogP contribution in [0.15, 0.2) is 0 Å². The molecule has 0 saturated carbocycles. The van der Waals surface area contributed by atoms with E-state index in [0.717, 1.165) is 38.8 Å². The van der Waals surface area contributed by atoms with Gasteiger partial charge in [0.1, 0.15) is 0 Å². The Morgan fingerprint density at radius 2 is 0.458 bits per heavy atom. The second-order valence-electron chi connectivity index (χ2n) is 14.3. The average molecular weight is 683 g/mol. The van der Waals surface area contributed by atoms with Gasteiger partial charge in [0.15, 0.2) is 0 Å². The minimum Gasteiger partial charge on any atom is -0.370 e. The second-order valence-corrected chi connectivity index (χ2v) is 14.3. The molecular formula is C42H90N4O2. The molecule has 8 N–H and O–H groups in total. The predicted octanol–water partition coefficient (Wildman–Crippen LogP) is 11.9. The highest BCUT2D eigenvalue weighted by atomic mass is 16.1. The predicted molar refractivity (Wildman–Crippen MR) is 214 cm³/mol. The number of primary amides is 2. The molecule has 0 fully saturated rings. The highest BCUT2D eigenvalue weighted by Crippen LogP contribution is 2.15. The molecule has 0 aromatic rings. The van der Waals surface area contributed by atoms with Gasteiger partial charge in [-0.1, -0.05) is 206 Å². The van der Waals surface area contributed by atoms with Crippen LogP contribution in [0.2, 0.25) is 0 Å². The first kappa shape index (κ1) is 51.2. The van der Waals surface area contributed by atoms with Crippen LogP contribution in [0.25, 0.3) is 0 Å². The van der Waals surface area contributed by atoms with E-state index in [2.05, 4.69) is 13.8 Å². The molecular weight excluding hydrogens is 592 g/mol. The smallest absolute Gasteiger partial charge is 0.217 e. The topological polar surface area (TPSA) is 138 Å². The van der Waals surface area contributed by atoms with E-state index in [-0.39, 0.29) is 11.8 Å². The Balaban J connectivity index is -0.000000689. The van der Waals surface area contributed by atoms with Crippen LogP contribution in [0, 0.1) is 0 Å². The number of carbonyl (C=O) groups excluding carboxylic acids is 2. The van der Waals surface area contributed by atoms with Gasteiger partial charge in [0.05, 0.1) is 0 Å². The van der Waals surface area contributed by atoms with Gasteiger partial charge >= 0.3 is 0 Å². The third-order valence-corrected chi connectivity index (χ3v) is 9.21. The van der Waals surface area contributed by atoms with Crippen molar-refractivity contribution in [1.29, 1.82) is 0 Å². The summed E-state index contributed by atoms with van der Waals surface area (Å²) < 4.78 is 0. The van der Waals surface area contributed by atoms with Gasteiger partial charge in [-0.25, -0.2) is 0 Å². The largest absolute Gasteiger partial charge is 0.370 e. The van der Waals surface area contributed by atoms with Gasteiger partial charge in [-0.05, 0) is 38.8 Å². The average Bonchev–Trinajstić information content (AvgIpc) is 3.07. The molecule has 6 heteroatoms. The third kappa shape index (κ3) is 60.2. The van der Waals surface area contributed by atoms with Crippen molar-refractivity contribution in [1.82, 2.24) is 0 Å². The standard InChI is InChI=1S/2C18H37NO.C6H16N2/c2*1-2-3-4-5-6-7-8-9-10-11-12-13-14-15-16-17-18(19)20;7-5-3-1-2-4-6-8/h2*2-17H2,1H3,(H2,19,20);1-8H2. The fourth-order valence-electron chi connectivity index (χ4n) is 5.98. The highest BCUT2D eigenvalue weighted by Gasteiger charge is 1.97. The minimum atomic E-state index is -0.153. The van der Waals surface area contributed by atoms with Gasteiger partial charge in [0, 0.05) is 12.8 Å². The lowest BCUT2D eigenvalue weighted by Crippen LogP contribution is -2.09. The van der Waals surface area contributed by atoms with E-state index in [1.54, 1.807) is 0 Å². The number of unbranched alkanes of at least 4 members (excludes halogenated alkanes) is 31. The molecule has 0 unspecified atom stereocenters. The van der Waals surface area contributed by atoms with Crippen LogP contribution in [0.5, 0.6) is 0 Å². The lowest BCUT2D eigenvalue weighted by Gasteiger charge is -2.03. The minimum absolute atomic E-state index is 0.153. The molecule has 0 heterocycles. The van der Waals surface area contributed by atoms with E-state index >= 15 is 0 Å². The normalized spacial score (nSPS) is 10.7. The summed E-state index contributed by atoms with van der Waals surface area (Å²) in [5.41, 5.74) is 20.8. The van der Waals surface area contributed by atoms with Gasteiger partial charge in [0.25, 0.3) is 0 Å². The summed E-state index contributed by atoms with van der Waals surface area (Å²) in [6.07, 6.45) is 46.6. The molecule has 0 rings (SSSR count). The summed E-state index contributed by atoms with van der Waals surface area (Å²) in [5.74, 6) is -0.306. The molecule has 290 valence electrons. The fourth-order valence-corrected chi connectivity index (χ4v) is 5.98. The molecule has 0 saturated heterocycles. The Hall–Kier alpha value is -1.14. The van der Waals surface area contributed by atoms with Gasteiger partial charge in [0.2, 0.25) is 11.8 Å². The summed E-state index contributed by atoms with van der Waals surface area (Å²) in [7, 11) is 0. The Morgan fingerprint density at radius 1 is 0.292 bits per heavy atom. The Bertz CT molecular complexity index is 538. The number of hydrogen-bond acceptors (Lipinski definition) is 4. The SMILES string of the molecule is CCCCCCCCCCCCCCCCCC(N)=O.CCCCCCCCCCCCCCCCCC(N)=O.NCCCCCCN. The maximum atomic E-state index is 10.6. The first-order valence-electron chi connectivity index (χ1n) is 21.4. The van der Waals surface area contributed by atoms with Crippen molar-refractivity contribution in [3.63, 3.8) is 0 Å². The Kier molecular flexibility index (Phi) is 53.6. The molecule has 0 radical (unpaired) electrons. The summed E-state index contributed by atoms with van der Waals surface area (Å²) in [5, 5.41) is 0. The van der Waals surface area contributed by atoms with Crippen LogP contribution in [0.4, 0.5) is 0 Å². The van der Waals surface area contributed by atoms with Crippen molar-refractivity contribution in [3.8, 4) is 0 Å². The van der Waals surface area contributed by atoms with E-state index in [1.165, 1.54) is 193 Å². The van der Waals surface area contributed by atoms with Crippen molar-refractivity contribution >= 4 is 11.8 Å². The van der Waals surface area contributed by atoms with E-state index in [4.69, 9.17) is 22.9 Å². The summed E-state index contributed by atoms with van der Waals surface area (Å²) in [6.45, 7) is 6.20. The van der Waals surface area contributed by atoms with Crippen LogP contribution in [0.1, 0.15) is 245 Å². The molecule has 0 spiro atoms. The zero-order chi connectivity index (χ0) is 36.0. The quantitative estimate of drug-likeness (QED) is 0.0484. The monoisotopic (exact) mass is 683 g/mol. The lowest BCUT2D eigenvalue weighted by molar-refractivity contribution is -0.119. The van der Waals surface area contributed by atoms with Gasteiger partial charge in [-0.2, -0.15) is 0 Å². The second kappa shape index (κ2) is 50.2. The summed E-state index contributed by atoms with van der Waals surface area (Å²) in [4.78, 5) is 21.1. The van der Waals surface area contributed by atoms with Crippen molar-refractivity contribution in [2.75, 3.05) is 13.1 Å². The van der Waals surface area contributed by atoms with Gasteiger partial charge in [-0.3, -0.25) is 9.59 Å². The molecule has 48 heavy (non-hydrogen) atoms. The van der Waals surface area contributed by atoms with Crippen molar-refractivity contribution in [2.45, 2.75) is 245 Å². The molecule has 0 aromatic carbocycles. The van der Waals surface area contributed by atoms with Gasteiger partial charge < -0.3 is 22.9 Å². The summed E-state index contributed by atoms with van der Waals surface area (Å²) in [6, 6.07) is 0.